The lowest BCUT2D eigenvalue weighted by Gasteiger charge is -2.16. The number of nitrogens with one attached hydrogen (secondary N) is 1. The maximum absolute atomic E-state index is 12.6. The zero-order valence-electron chi connectivity index (χ0n) is 13.0. The topological polar surface area (TPSA) is 75.6 Å². The number of fused-ring (bicyclic) bond motifs is 1. The van der Waals surface area contributed by atoms with Crippen molar-refractivity contribution in [3.8, 4) is 5.75 Å². The van der Waals surface area contributed by atoms with E-state index in [1.807, 2.05) is 0 Å². The first-order chi connectivity index (χ1) is 11.4. The van der Waals surface area contributed by atoms with Crippen molar-refractivity contribution in [3.63, 3.8) is 0 Å². The number of ether oxygens (including phenoxy) is 1. The summed E-state index contributed by atoms with van der Waals surface area (Å²) in [7, 11) is 0. The van der Waals surface area contributed by atoms with Gasteiger partial charge < -0.3 is 15.2 Å². The molecule has 2 N–H and O–H groups in total. The van der Waals surface area contributed by atoms with E-state index < -0.39 is 24.5 Å². The van der Waals surface area contributed by atoms with Gasteiger partial charge in [0.25, 0.3) is 5.91 Å². The van der Waals surface area contributed by atoms with Crippen LogP contribution in [0, 0.1) is 0 Å². The first-order valence-electron chi connectivity index (χ1n) is 7.43. The molecule has 0 heterocycles. The van der Waals surface area contributed by atoms with Gasteiger partial charge in [0.2, 0.25) is 0 Å². The molecule has 1 amide bonds. The lowest BCUT2D eigenvalue weighted by Crippen LogP contribution is -2.40. The lowest BCUT2D eigenvalue weighted by atomic mass is 10.0. The first-order valence-corrected chi connectivity index (χ1v) is 7.43. The molecular formula is C17H17F2NO4. The minimum absolute atomic E-state index is 0.128. The largest absolute Gasteiger partial charge is 0.480 e. The van der Waals surface area contributed by atoms with E-state index in [1.165, 1.54) is 12.1 Å². The van der Waals surface area contributed by atoms with E-state index in [-0.39, 0.29) is 17.7 Å². The molecule has 1 unspecified atom stereocenters. The standard InChI is InChI=1S/C17H17F2NO4/c1-2-5-13(16(22)23)20-15(21)12-8-10-6-3-4-7-11(10)9-14(12)24-17(18)19/h3-4,6-9,13,17H,2,5H2,1H3,(H,20,21)(H,22,23). The highest BCUT2D eigenvalue weighted by atomic mass is 19.3. The molecule has 0 saturated heterocycles. The van der Waals surface area contributed by atoms with Crippen LogP contribution in [0.4, 0.5) is 8.78 Å². The molecule has 2 aromatic rings. The Hall–Kier alpha value is -2.70. The van der Waals surface area contributed by atoms with E-state index in [4.69, 9.17) is 5.11 Å². The summed E-state index contributed by atoms with van der Waals surface area (Å²) in [6.45, 7) is -1.31. The Balaban J connectivity index is 2.40. The SMILES string of the molecule is CCCC(NC(=O)c1cc2ccccc2cc1OC(F)F)C(=O)O. The molecule has 1 atom stereocenters. The third-order valence-corrected chi connectivity index (χ3v) is 3.49. The summed E-state index contributed by atoms with van der Waals surface area (Å²) in [5.74, 6) is -2.23. The fourth-order valence-electron chi connectivity index (χ4n) is 2.37. The lowest BCUT2D eigenvalue weighted by molar-refractivity contribution is -0.139. The van der Waals surface area contributed by atoms with E-state index >= 15 is 0 Å². The highest BCUT2D eigenvalue weighted by Gasteiger charge is 2.23. The van der Waals surface area contributed by atoms with Crippen LogP contribution >= 0.6 is 0 Å². The van der Waals surface area contributed by atoms with Gasteiger partial charge in [-0.25, -0.2) is 4.79 Å². The number of hydrogen-bond donors (Lipinski definition) is 2. The Morgan fingerprint density at radius 2 is 1.83 bits per heavy atom. The quantitative estimate of drug-likeness (QED) is 0.812. The van der Waals surface area contributed by atoms with Crippen LogP contribution in [0.1, 0.15) is 30.1 Å². The van der Waals surface area contributed by atoms with Gasteiger partial charge in [0.05, 0.1) is 5.56 Å². The molecule has 24 heavy (non-hydrogen) atoms. The van der Waals surface area contributed by atoms with Crippen LogP contribution in [0.2, 0.25) is 0 Å². The van der Waals surface area contributed by atoms with E-state index in [1.54, 1.807) is 31.2 Å². The molecule has 7 heteroatoms. The summed E-state index contributed by atoms with van der Waals surface area (Å²) in [5, 5.41) is 12.8. The molecule has 5 nitrogen and oxygen atoms in total. The average Bonchev–Trinajstić information content (AvgIpc) is 2.53. The van der Waals surface area contributed by atoms with Gasteiger partial charge in [0, 0.05) is 0 Å². The van der Waals surface area contributed by atoms with E-state index in [0.29, 0.717) is 17.2 Å². The van der Waals surface area contributed by atoms with Crippen molar-refractivity contribution in [2.45, 2.75) is 32.4 Å². The Labute approximate surface area is 137 Å². The zero-order chi connectivity index (χ0) is 17.7. The van der Waals surface area contributed by atoms with Crippen molar-refractivity contribution in [1.29, 1.82) is 0 Å². The van der Waals surface area contributed by atoms with Crippen LogP contribution in [0.3, 0.4) is 0 Å². The van der Waals surface area contributed by atoms with Crippen molar-refractivity contribution in [2.75, 3.05) is 0 Å². The molecule has 2 rings (SSSR count). The van der Waals surface area contributed by atoms with Gasteiger partial charge in [-0.1, -0.05) is 37.6 Å². The Bertz CT molecular complexity index is 748. The van der Waals surface area contributed by atoms with Gasteiger partial charge in [-0.3, -0.25) is 4.79 Å². The molecular weight excluding hydrogens is 320 g/mol. The van der Waals surface area contributed by atoms with Gasteiger partial charge in [0.15, 0.2) is 0 Å². The molecule has 0 aromatic heterocycles. The van der Waals surface area contributed by atoms with Crippen LogP contribution < -0.4 is 10.1 Å². The fraction of sp³-hybridized carbons (Fsp3) is 0.294. The van der Waals surface area contributed by atoms with Crippen LogP contribution in [0.5, 0.6) is 5.75 Å². The fourth-order valence-corrected chi connectivity index (χ4v) is 2.37. The minimum Gasteiger partial charge on any atom is -0.480 e. The average molecular weight is 337 g/mol. The number of carbonyl (C=O) groups is 2. The summed E-state index contributed by atoms with van der Waals surface area (Å²) in [6, 6.07) is 8.56. The summed E-state index contributed by atoms with van der Waals surface area (Å²) in [4.78, 5) is 23.5. The van der Waals surface area contributed by atoms with Gasteiger partial charge in [-0.15, -0.1) is 0 Å². The molecule has 0 fully saturated rings. The highest BCUT2D eigenvalue weighted by molar-refractivity contribution is 6.02. The third kappa shape index (κ3) is 4.18. The predicted octanol–water partition coefficient (Wildman–Crippen LogP) is 3.42. The molecule has 0 aliphatic rings. The molecule has 0 bridgehead atoms. The second-order valence-electron chi connectivity index (χ2n) is 5.23. The number of benzene rings is 2. The summed E-state index contributed by atoms with van der Waals surface area (Å²) >= 11 is 0. The second-order valence-corrected chi connectivity index (χ2v) is 5.23. The smallest absolute Gasteiger partial charge is 0.387 e. The van der Waals surface area contributed by atoms with Gasteiger partial charge in [-0.2, -0.15) is 8.78 Å². The van der Waals surface area contributed by atoms with Crippen molar-refractivity contribution in [3.05, 3.63) is 42.0 Å². The van der Waals surface area contributed by atoms with Crippen molar-refractivity contribution >= 4 is 22.6 Å². The first kappa shape index (κ1) is 17.7. The van der Waals surface area contributed by atoms with Gasteiger partial charge in [0.1, 0.15) is 11.8 Å². The van der Waals surface area contributed by atoms with Crippen LogP contribution in [0.25, 0.3) is 10.8 Å². The van der Waals surface area contributed by atoms with Gasteiger partial charge >= 0.3 is 12.6 Å². The Morgan fingerprint density at radius 1 is 1.21 bits per heavy atom. The van der Waals surface area contributed by atoms with Crippen molar-refractivity contribution in [2.24, 2.45) is 0 Å². The summed E-state index contributed by atoms with van der Waals surface area (Å²) < 4.78 is 29.7. The Morgan fingerprint density at radius 3 is 2.38 bits per heavy atom. The molecule has 0 saturated carbocycles. The maximum Gasteiger partial charge on any atom is 0.387 e. The number of alkyl halides is 2. The number of carboxylic acid groups (broad SMARTS) is 1. The monoisotopic (exact) mass is 337 g/mol. The molecule has 0 spiro atoms. The number of rotatable bonds is 7. The van der Waals surface area contributed by atoms with Crippen LogP contribution in [0.15, 0.2) is 36.4 Å². The molecule has 128 valence electrons. The molecule has 0 aliphatic heterocycles. The van der Waals surface area contributed by atoms with Crippen molar-refractivity contribution < 1.29 is 28.2 Å². The highest BCUT2D eigenvalue weighted by Crippen LogP contribution is 2.27. The number of amides is 1. The summed E-state index contributed by atoms with van der Waals surface area (Å²) in [6.07, 6.45) is 0.787. The van der Waals surface area contributed by atoms with Crippen LogP contribution in [-0.4, -0.2) is 29.6 Å². The Kier molecular flexibility index (Phi) is 5.68. The van der Waals surface area contributed by atoms with Gasteiger partial charge in [-0.05, 0) is 29.3 Å². The minimum atomic E-state index is -3.09. The number of aliphatic carboxylic acids is 1. The number of carbonyl (C=O) groups excluding carboxylic acids is 1. The molecule has 0 radical (unpaired) electrons. The second kappa shape index (κ2) is 7.72. The predicted molar refractivity (Wildman–Crippen MR) is 84.4 cm³/mol. The van der Waals surface area contributed by atoms with E-state index in [2.05, 4.69) is 10.1 Å². The zero-order valence-corrected chi connectivity index (χ0v) is 13.0. The maximum atomic E-state index is 12.6. The van der Waals surface area contributed by atoms with Crippen molar-refractivity contribution in [1.82, 2.24) is 5.32 Å². The summed E-state index contributed by atoms with van der Waals surface area (Å²) in [5.41, 5.74) is -0.128. The third-order valence-electron chi connectivity index (χ3n) is 3.49. The number of carboxylic acids is 1. The number of halogens is 2. The van der Waals surface area contributed by atoms with E-state index in [9.17, 15) is 18.4 Å². The normalized spacial score (nSPS) is 12.2. The number of hydrogen-bond acceptors (Lipinski definition) is 3. The van der Waals surface area contributed by atoms with Crippen LogP contribution in [-0.2, 0) is 4.79 Å². The molecule has 2 aromatic carbocycles. The van der Waals surface area contributed by atoms with E-state index in [0.717, 1.165) is 0 Å². The molecule has 0 aliphatic carbocycles.